The zero-order chi connectivity index (χ0) is 5.98. The summed E-state index contributed by atoms with van der Waals surface area (Å²) in [6.45, 7) is 1.79. The fourth-order valence-electron chi connectivity index (χ4n) is 0.338. The Morgan fingerprint density at radius 1 is 1.56 bits per heavy atom. The van der Waals surface area contributed by atoms with Gasteiger partial charge in [0.05, 0.1) is 0 Å². The molecule has 0 fully saturated rings. The second-order valence-corrected chi connectivity index (χ2v) is 2.41. The Morgan fingerprint density at radius 3 is 2.44 bits per heavy atom. The second kappa shape index (κ2) is 4.72. The normalized spacial score (nSPS) is 8.22. The average molecular weight is 169 g/mol. The van der Waals surface area contributed by atoms with Crippen molar-refractivity contribution >= 4 is 16.5 Å². The molecule has 9 heavy (non-hydrogen) atoms. The monoisotopic (exact) mass is 169 g/mol. The number of anilines is 1. The average Bonchev–Trinajstić information content (AvgIpc) is 2.14. The molecule has 6 heteroatoms. The molecule has 0 aliphatic heterocycles. The number of nitrogens with one attached hydrogen (secondary N) is 1. The van der Waals surface area contributed by atoms with Gasteiger partial charge in [-0.3, -0.25) is 0 Å². The van der Waals surface area contributed by atoms with Gasteiger partial charge >= 0.3 is 51.4 Å². The van der Waals surface area contributed by atoms with Crippen molar-refractivity contribution in [3.63, 3.8) is 0 Å². The quantitative estimate of drug-likeness (QED) is 0.381. The summed E-state index contributed by atoms with van der Waals surface area (Å²) in [6, 6.07) is 0. The fourth-order valence-corrected chi connectivity index (χ4v) is 0.823. The maximum absolute atomic E-state index is 9.80. The van der Waals surface area contributed by atoms with Gasteiger partial charge in [-0.1, -0.05) is 11.3 Å². The van der Waals surface area contributed by atoms with Crippen LogP contribution in [0.3, 0.4) is 0 Å². The first-order valence-corrected chi connectivity index (χ1v) is 2.83. The minimum Gasteiger partial charge on any atom is -0.759 e. The van der Waals surface area contributed by atoms with Crippen LogP contribution in [-0.2, 0) is 0 Å². The van der Waals surface area contributed by atoms with Crippen LogP contribution in [0.1, 0.15) is 5.01 Å². The summed E-state index contributed by atoms with van der Waals surface area (Å²) in [7, 11) is 0. The molecule has 0 spiro atoms. The summed E-state index contributed by atoms with van der Waals surface area (Å²) < 4.78 is 0. The number of nitrogens with zero attached hydrogens (tertiary/aromatic N) is 2. The minimum absolute atomic E-state index is 0. The maximum Gasteiger partial charge on any atom is 1.00 e. The SMILES string of the molecule is Cc1nnc(N[O-])s1.[K+]. The molecule has 0 amide bonds. The van der Waals surface area contributed by atoms with Crippen molar-refractivity contribution < 1.29 is 51.4 Å². The molecule has 1 aromatic rings. The first-order chi connectivity index (χ1) is 3.83. The van der Waals surface area contributed by atoms with Gasteiger partial charge in [-0.15, -0.1) is 10.2 Å². The zero-order valence-electron chi connectivity index (χ0n) is 5.21. The third kappa shape index (κ3) is 3.03. The predicted octanol–water partition coefficient (Wildman–Crippen LogP) is -2.24. The summed E-state index contributed by atoms with van der Waals surface area (Å²) >= 11 is 1.24. The number of hydrogen-bond acceptors (Lipinski definition) is 5. The Hall–Kier alpha value is 0.956. The molecule has 0 radical (unpaired) electrons. The number of aryl methyl sites for hydroxylation is 1. The van der Waals surface area contributed by atoms with Crippen LogP contribution in [0.25, 0.3) is 0 Å². The number of aromatic nitrogens is 2. The predicted molar refractivity (Wildman–Crippen MR) is 31.6 cm³/mol. The van der Waals surface area contributed by atoms with Crippen LogP contribution >= 0.6 is 11.3 Å². The van der Waals surface area contributed by atoms with Gasteiger partial charge in [0.2, 0.25) is 0 Å². The Labute approximate surface area is 99.1 Å². The van der Waals surface area contributed by atoms with Crippen LogP contribution in [-0.4, -0.2) is 10.2 Å². The van der Waals surface area contributed by atoms with Gasteiger partial charge in [-0.2, -0.15) is 0 Å². The van der Waals surface area contributed by atoms with Crippen molar-refractivity contribution in [1.29, 1.82) is 0 Å². The van der Waals surface area contributed by atoms with Crippen LogP contribution in [0.15, 0.2) is 0 Å². The molecule has 0 saturated heterocycles. The summed E-state index contributed by atoms with van der Waals surface area (Å²) in [5.74, 6) is 0. The number of hydrogen-bond donors (Lipinski definition) is 1. The molecule has 4 nitrogen and oxygen atoms in total. The molecule has 1 rings (SSSR count). The first kappa shape index (κ1) is 9.96. The third-order valence-corrected chi connectivity index (χ3v) is 1.35. The van der Waals surface area contributed by atoms with Crippen molar-refractivity contribution in [3.05, 3.63) is 10.2 Å². The van der Waals surface area contributed by atoms with Crippen molar-refractivity contribution in [2.75, 3.05) is 5.48 Å². The Morgan fingerprint density at radius 2 is 2.22 bits per heavy atom. The van der Waals surface area contributed by atoms with Gasteiger partial charge in [0, 0.05) is 0 Å². The van der Waals surface area contributed by atoms with E-state index in [0.717, 1.165) is 5.01 Å². The Bertz CT molecular complexity index is 179. The Kier molecular flexibility index (Phi) is 5.23. The molecule has 1 N–H and O–H groups in total. The first-order valence-electron chi connectivity index (χ1n) is 2.01. The van der Waals surface area contributed by atoms with Gasteiger partial charge in [0.25, 0.3) is 0 Å². The van der Waals surface area contributed by atoms with E-state index in [4.69, 9.17) is 0 Å². The van der Waals surface area contributed by atoms with E-state index in [0.29, 0.717) is 5.13 Å². The van der Waals surface area contributed by atoms with Crippen LogP contribution in [0, 0.1) is 12.1 Å². The fraction of sp³-hybridized carbons (Fsp3) is 0.333. The van der Waals surface area contributed by atoms with E-state index in [9.17, 15) is 5.21 Å². The number of rotatable bonds is 1. The molecule has 0 aliphatic rings. The molecule has 0 bridgehead atoms. The Balaban J connectivity index is 0.000000640. The van der Waals surface area contributed by atoms with Crippen LogP contribution in [0.2, 0.25) is 0 Å². The summed E-state index contributed by atoms with van der Waals surface area (Å²) in [5.41, 5.74) is 1.64. The van der Waals surface area contributed by atoms with Crippen molar-refractivity contribution in [1.82, 2.24) is 10.2 Å². The van der Waals surface area contributed by atoms with Crippen molar-refractivity contribution in [2.45, 2.75) is 6.92 Å². The zero-order valence-corrected chi connectivity index (χ0v) is 9.15. The molecule has 44 valence electrons. The van der Waals surface area contributed by atoms with Gasteiger partial charge in [0.1, 0.15) is 5.01 Å². The van der Waals surface area contributed by atoms with Crippen molar-refractivity contribution in [3.8, 4) is 0 Å². The molecule has 0 saturated carbocycles. The van der Waals surface area contributed by atoms with Crippen molar-refractivity contribution in [2.24, 2.45) is 0 Å². The van der Waals surface area contributed by atoms with Crippen LogP contribution in [0.5, 0.6) is 0 Å². The standard InChI is InChI=1S/C3H4N3OS.K/c1-2-4-5-3(6-7)8-2;/h1H3,(H-,5,6,7);/q-1;+1. The summed E-state index contributed by atoms with van der Waals surface area (Å²) in [5, 5.41) is 18.0. The van der Waals surface area contributed by atoms with E-state index in [1.807, 2.05) is 0 Å². The topological polar surface area (TPSA) is 60.9 Å². The maximum atomic E-state index is 9.80. The molecular formula is C3H4KN3OS. The molecule has 1 heterocycles. The van der Waals surface area contributed by atoms with Gasteiger partial charge < -0.3 is 10.7 Å². The van der Waals surface area contributed by atoms with Gasteiger partial charge in [-0.05, 0) is 6.92 Å². The minimum atomic E-state index is 0. The van der Waals surface area contributed by atoms with E-state index in [2.05, 4.69) is 10.2 Å². The molecule has 0 unspecified atom stereocenters. The molecular weight excluding hydrogens is 165 g/mol. The smallest absolute Gasteiger partial charge is 0.759 e. The molecule has 1 aromatic heterocycles. The molecule has 0 aliphatic carbocycles. The van der Waals surface area contributed by atoms with Crippen LogP contribution in [0.4, 0.5) is 5.13 Å². The third-order valence-electron chi connectivity index (χ3n) is 0.613. The van der Waals surface area contributed by atoms with Crippen LogP contribution < -0.4 is 56.9 Å². The van der Waals surface area contributed by atoms with E-state index in [-0.39, 0.29) is 51.4 Å². The van der Waals surface area contributed by atoms with E-state index < -0.39 is 0 Å². The van der Waals surface area contributed by atoms with Gasteiger partial charge in [-0.25, -0.2) is 0 Å². The molecule has 0 atom stereocenters. The largest absolute Gasteiger partial charge is 1.00 e. The summed E-state index contributed by atoms with van der Waals surface area (Å²) in [6.07, 6.45) is 0. The van der Waals surface area contributed by atoms with E-state index in [1.54, 1.807) is 12.4 Å². The van der Waals surface area contributed by atoms with E-state index >= 15 is 0 Å². The summed E-state index contributed by atoms with van der Waals surface area (Å²) in [4.78, 5) is 0. The molecule has 0 aromatic carbocycles. The van der Waals surface area contributed by atoms with Gasteiger partial charge in [0.15, 0.2) is 5.13 Å². The second-order valence-electron chi connectivity index (χ2n) is 1.23. The van der Waals surface area contributed by atoms with E-state index in [1.165, 1.54) is 11.3 Å².